The van der Waals surface area contributed by atoms with E-state index < -0.39 is 0 Å². The average Bonchev–Trinajstić information content (AvgIpc) is 2.53. The zero-order valence-corrected chi connectivity index (χ0v) is 14.2. The van der Waals surface area contributed by atoms with Gasteiger partial charge in [0.1, 0.15) is 0 Å². The van der Waals surface area contributed by atoms with Gasteiger partial charge in [0, 0.05) is 0 Å². The summed E-state index contributed by atoms with van der Waals surface area (Å²) in [5, 5.41) is 0.0618. The first-order valence-corrected chi connectivity index (χ1v) is 8.46. The summed E-state index contributed by atoms with van der Waals surface area (Å²) in [6.07, 6.45) is 9.25. The number of halogens is 1. The number of rotatable bonds is 6. The second-order valence-electron chi connectivity index (χ2n) is 6.11. The molecule has 1 atom stereocenters. The number of alkyl halides is 1. The molecule has 21 heavy (non-hydrogen) atoms. The maximum atomic E-state index is 6.66. The van der Waals surface area contributed by atoms with Gasteiger partial charge in [0.15, 0.2) is 11.5 Å². The highest BCUT2D eigenvalue weighted by Crippen LogP contribution is 2.38. The summed E-state index contributed by atoms with van der Waals surface area (Å²) in [6, 6.07) is 4.05. The highest BCUT2D eigenvalue weighted by Gasteiger charge is 2.19. The largest absolute Gasteiger partial charge is 0.493 e. The van der Waals surface area contributed by atoms with Crippen molar-refractivity contribution < 1.29 is 9.47 Å². The highest BCUT2D eigenvalue weighted by molar-refractivity contribution is 6.20. The van der Waals surface area contributed by atoms with Crippen molar-refractivity contribution in [3.8, 4) is 11.5 Å². The summed E-state index contributed by atoms with van der Waals surface area (Å²) in [7, 11) is 3.33. The lowest BCUT2D eigenvalue weighted by Crippen LogP contribution is -2.07. The number of ether oxygens (including phenoxy) is 2. The van der Waals surface area contributed by atoms with Crippen molar-refractivity contribution in [2.24, 2.45) is 5.92 Å². The lowest BCUT2D eigenvalue weighted by Gasteiger charge is -2.23. The van der Waals surface area contributed by atoms with Crippen LogP contribution in [0.25, 0.3) is 0 Å². The van der Waals surface area contributed by atoms with Crippen LogP contribution in [0.4, 0.5) is 0 Å². The van der Waals surface area contributed by atoms with Gasteiger partial charge in [-0.25, -0.2) is 0 Å². The molecule has 0 radical (unpaired) electrons. The summed E-state index contributed by atoms with van der Waals surface area (Å²) in [5.41, 5.74) is 2.35. The van der Waals surface area contributed by atoms with Gasteiger partial charge < -0.3 is 9.47 Å². The summed E-state index contributed by atoms with van der Waals surface area (Å²) in [6.45, 7) is 2.09. The number of hydrogen-bond acceptors (Lipinski definition) is 2. The third-order valence-corrected chi connectivity index (χ3v) is 5.12. The van der Waals surface area contributed by atoms with E-state index in [4.69, 9.17) is 21.1 Å². The van der Waals surface area contributed by atoms with E-state index in [1.165, 1.54) is 49.7 Å². The fourth-order valence-corrected chi connectivity index (χ4v) is 3.71. The Hall–Kier alpha value is -0.890. The van der Waals surface area contributed by atoms with Crippen LogP contribution in [0.15, 0.2) is 12.1 Å². The maximum Gasteiger partial charge on any atom is 0.161 e. The molecule has 1 aromatic carbocycles. The highest BCUT2D eigenvalue weighted by atomic mass is 35.5. The number of benzene rings is 1. The van der Waals surface area contributed by atoms with Crippen LogP contribution >= 0.6 is 11.6 Å². The summed E-state index contributed by atoms with van der Waals surface area (Å²) in [4.78, 5) is 0. The van der Waals surface area contributed by atoms with Crippen molar-refractivity contribution in [2.45, 2.75) is 57.2 Å². The fraction of sp³-hybridized carbons (Fsp3) is 0.667. The number of hydrogen-bond donors (Lipinski definition) is 0. The van der Waals surface area contributed by atoms with Crippen molar-refractivity contribution in [1.82, 2.24) is 0 Å². The van der Waals surface area contributed by atoms with Crippen LogP contribution < -0.4 is 9.47 Å². The Kier molecular flexibility index (Phi) is 6.22. The molecule has 1 aromatic rings. The molecule has 0 amide bonds. The van der Waals surface area contributed by atoms with E-state index >= 15 is 0 Å². The molecule has 1 aliphatic carbocycles. The Bertz CT molecular complexity index is 453. The van der Waals surface area contributed by atoms with Gasteiger partial charge >= 0.3 is 0 Å². The van der Waals surface area contributed by atoms with Crippen LogP contribution in [-0.2, 0) is 0 Å². The molecular formula is C18H27ClO2. The van der Waals surface area contributed by atoms with E-state index in [-0.39, 0.29) is 5.38 Å². The Morgan fingerprint density at radius 1 is 1.10 bits per heavy atom. The van der Waals surface area contributed by atoms with E-state index in [1.807, 2.05) is 12.1 Å². The Morgan fingerprint density at radius 2 is 1.71 bits per heavy atom. The lowest BCUT2D eigenvalue weighted by atomic mass is 9.85. The van der Waals surface area contributed by atoms with Crippen LogP contribution in [0, 0.1) is 12.8 Å². The first-order chi connectivity index (χ1) is 10.2. The van der Waals surface area contributed by atoms with E-state index in [0.29, 0.717) is 0 Å². The van der Waals surface area contributed by atoms with Gasteiger partial charge in [-0.3, -0.25) is 0 Å². The third kappa shape index (κ3) is 4.29. The van der Waals surface area contributed by atoms with E-state index in [0.717, 1.165) is 23.8 Å². The van der Waals surface area contributed by atoms with Crippen molar-refractivity contribution in [1.29, 1.82) is 0 Å². The summed E-state index contributed by atoms with van der Waals surface area (Å²) >= 11 is 6.66. The van der Waals surface area contributed by atoms with Gasteiger partial charge in [0.2, 0.25) is 0 Å². The molecule has 1 unspecified atom stereocenters. The molecular weight excluding hydrogens is 284 g/mol. The molecule has 0 saturated heterocycles. The minimum atomic E-state index is 0.0618. The molecule has 0 spiro atoms. The lowest BCUT2D eigenvalue weighted by molar-refractivity contribution is 0.331. The predicted molar refractivity (Wildman–Crippen MR) is 88.7 cm³/mol. The standard InChI is InChI=1S/C18H27ClO2/c1-13-11-17(20-2)18(21-3)12-15(13)16(19)10-9-14-7-5-4-6-8-14/h11-12,14,16H,4-10H2,1-3H3. The van der Waals surface area contributed by atoms with Gasteiger partial charge in [-0.05, 0) is 48.9 Å². The number of aryl methyl sites for hydroxylation is 1. The predicted octanol–water partition coefficient (Wildman–Crippen LogP) is 5.65. The SMILES string of the molecule is COc1cc(C)c(C(Cl)CCC2CCCCC2)cc1OC. The summed E-state index contributed by atoms with van der Waals surface area (Å²) in [5.74, 6) is 2.41. The van der Waals surface area contributed by atoms with Crippen LogP contribution in [0.3, 0.4) is 0 Å². The molecule has 1 saturated carbocycles. The van der Waals surface area contributed by atoms with E-state index in [9.17, 15) is 0 Å². The second kappa shape index (κ2) is 7.93. The number of methoxy groups -OCH3 is 2. The van der Waals surface area contributed by atoms with Gasteiger partial charge in [-0.15, -0.1) is 11.6 Å². The molecule has 2 nitrogen and oxygen atoms in total. The molecule has 1 aliphatic rings. The Labute approximate surface area is 133 Å². The zero-order valence-electron chi connectivity index (χ0n) is 13.5. The molecule has 118 valence electrons. The first-order valence-electron chi connectivity index (χ1n) is 8.02. The van der Waals surface area contributed by atoms with Crippen molar-refractivity contribution in [3.05, 3.63) is 23.3 Å². The Balaban J connectivity index is 2.02. The second-order valence-corrected chi connectivity index (χ2v) is 6.64. The van der Waals surface area contributed by atoms with Crippen molar-refractivity contribution in [2.75, 3.05) is 14.2 Å². The molecule has 1 fully saturated rings. The smallest absolute Gasteiger partial charge is 0.161 e. The van der Waals surface area contributed by atoms with Crippen molar-refractivity contribution in [3.63, 3.8) is 0 Å². The quantitative estimate of drug-likeness (QED) is 0.632. The third-order valence-electron chi connectivity index (χ3n) is 4.66. The van der Waals surface area contributed by atoms with Crippen LogP contribution in [0.2, 0.25) is 0 Å². The molecule has 2 rings (SSSR count). The minimum Gasteiger partial charge on any atom is -0.493 e. The monoisotopic (exact) mass is 310 g/mol. The van der Waals surface area contributed by atoms with Crippen LogP contribution in [0.1, 0.15) is 61.4 Å². The molecule has 0 aromatic heterocycles. The normalized spacial score (nSPS) is 17.5. The maximum absolute atomic E-state index is 6.66. The molecule has 0 N–H and O–H groups in total. The van der Waals surface area contributed by atoms with E-state index in [2.05, 4.69) is 6.92 Å². The van der Waals surface area contributed by atoms with Crippen molar-refractivity contribution >= 4 is 11.6 Å². The molecule has 0 heterocycles. The average molecular weight is 311 g/mol. The molecule has 3 heteroatoms. The van der Waals surface area contributed by atoms with E-state index in [1.54, 1.807) is 14.2 Å². The van der Waals surface area contributed by atoms with Gasteiger partial charge in [0.05, 0.1) is 19.6 Å². The van der Waals surface area contributed by atoms with Gasteiger partial charge in [-0.1, -0.05) is 32.1 Å². The molecule has 0 aliphatic heterocycles. The zero-order chi connectivity index (χ0) is 15.2. The van der Waals surface area contributed by atoms with Gasteiger partial charge in [0.25, 0.3) is 0 Å². The van der Waals surface area contributed by atoms with Crippen LogP contribution in [0.5, 0.6) is 11.5 Å². The Morgan fingerprint density at radius 3 is 2.33 bits per heavy atom. The molecule has 0 bridgehead atoms. The minimum absolute atomic E-state index is 0.0618. The topological polar surface area (TPSA) is 18.5 Å². The van der Waals surface area contributed by atoms with Gasteiger partial charge in [-0.2, -0.15) is 0 Å². The summed E-state index contributed by atoms with van der Waals surface area (Å²) < 4.78 is 10.7. The first kappa shape index (κ1) is 16.5. The van der Waals surface area contributed by atoms with Crippen LogP contribution in [-0.4, -0.2) is 14.2 Å². The fourth-order valence-electron chi connectivity index (χ4n) is 3.35.